The Kier molecular flexibility index (Phi) is 29.3. The smallest absolute Gasteiger partial charge is 0.862 e. The van der Waals surface area contributed by atoms with Crippen LogP contribution in [0.2, 0.25) is 0 Å². The van der Waals surface area contributed by atoms with Crippen molar-refractivity contribution in [3.63, 3.8) is 0 Å². The van der Waals surface area contributed by atoms with Crippen LogP contribution in [-0.2, 0) is 72.2 Å². The number of ether oxygens (including phenoxy) is 6. The van der Waals surface area contributed by atoms with Crippen LogP contribution >= 0.6 is 12.2 Å². The molecular formula is C30H50N5Na3O26S4. The second-order valence-electron chi connectivity index (χ2n) is 15.0. The third-order valence-corrected chi connectivity index (χ3v) is 10.3. The number of thiocarbonyl (C=S) groups is 1. The number of hydrogen-bond acceptors (Lipinski definition) is 27. The Bertz CT molecular complexity index is 2030. The number of nitrogens with zero attached hydrogens (tertiary/aromatic N) is 3. The van der Waals surface area contributed by atoms with Gasteiger partial charge in [0.05, 0.1) is 26.4 Å². The van der Waals surface area contributed by atoms with E-state index in [0.717, 1.165) is 13.8 Å². The number of aliphatic hydroxyl groups is 5. The molecule has 378 valence electrons. The van der Waals surface area contributed by atoms with Crippen molar-refractivity contribution in [1.82, 2.24) is 10.6 Å². The molecule has 0 aromatic rings. The van der Waals surface area contributed by atoms with Gasteiger partial charge in [0.2, 0.25) is 0 Å². The molecule has 38 heteroatoms. The summed E-state index contributed by atoms with van der Waals surface area (Å²) >= 11 is 5.24. The first-order valence-electron chi connectivity index (χ1n) is 18.7. The summed E-state index contributed by atoms with van der Waals surface area (Å²) in [6, 6.07) is -3.71. The number of nitrogens with one attached hydrogen (secondary N) is 2. The Hall–Kier alpha value is 0.110. The zero-order valence-electron chi connectivity index (χ0n) is 37.6. The SMILES string of the molecule is CC([O-])=N[C@@H]1[C@@H](O)[C@H](O[C@@H]2O[C@H](COS(=O)(=O)O)[C@H](O)[C@H](O[C@@H]3O[C@H](COS(=O)(=O)O)[C@@H](O)[C@H](O)[C@H]3N=C(C)[O-])[C@H]2O)[C@@H](COS(=O)(=O)O)O[C@H]1NC(=S)NCCN=C([O-])OC(C)(C)C.[Na+].[Na+].[Na+]. The zero-order valence-corrected chi connectivity index (χ0v) is 46.9. The van der Waals surface area contributed by atoms with E-state index >= 15 is 0 Å². The van der Waals surface area contributed by atoms with E-state index in [2.05, 4.69) is 38.2 Å². The van der Waals surface area contributed by atoms with Gasteiger partial charge in [0.15, 0.2) is 23.9 Å². The Morgan fingerprint density at radius 1 is 0.647 bits per heavy atom. The molecule has 68 heavy (non-hydrogen) atoms. The van der Waals surface area contributed by atoms with Crippen LogP contribution in [0.15, 0.2) is 15.0 Å². The first-order valence-corrected chi connectivity index (χ1v) is 23.2. The first-order chi connectivity index (χ1) is 29.7. The van der Waals surface area contributed by atoms with Crippen LogP contribution in [0.1, 0.15) is 34.6 Å². The minimum atomic E-state index is -5.31. The molecular weight excluding hydrogens is 1040 g/mol. The van der Waals surface area contributed by atoms with Crippen LogP contribution in [-0.4, -0.2) is 218 Å². The van der Waals surface area contributed by atoms with Gasteiger partial charge in [-0.3, -0.25) is 28.6 Å². The molecule has 0 spiro atoms. The predicted octanol–water partition coefficient (Wildman–Crippen LogP) is -17.5. The Morgan fingerprint density at radius 3 is 1.59 bits per heavy atom. The summed E-state index contributed by atoms with van der Waals surface area (Å²) < 4.78 is 143. The maximum Gasteiger partial charge on any atom is 1.00 e. The molecule has 3 aliphatic rings. The fourth-order valence-corrected chi connectivity index (χ4v) is 7.24. The molecule has 3 aliphatic heterocycles. The van der Waals surface area contributed by atoms with Crippen LogP contribution in [0.4, 0.5) is 0 Å². The second kappa shape index (κ2) is 29.3. The standard InChI is InChI=1S/C30H53N5O26S4.3Na/c1-11(36)33-16-21(41)23(15(10-55-65(50,51)52)56-25(16)35-28(62)31-6-7-32-29(43)61-30(3,4)5)59-27-22(42)24(19(39)14(58-27)9-54-64(47,48)49)60-26-17(34-12(2)37)20(40)18(38)13(57-26)8-53-63(44,45)46;;;/h13-27,38-42H,6-10H2,1-5H3,(H,32,43)(H,33,36)(H,34,37)(H2,31,35,62)(H,44,45,46)(H,47,48,49)(H,50,51,52);;;/q;3*+1/p-3/t13-,14-,15-,16-,17-,18-,19+,20-,21-,22-,23-,24+,25-,26+,27+;;;/m1.../s1. The fraction of sp³-hybridized carbons (Fsp3) is 0.867. The molecule has 0 unspecified atom stereocenters. The third kappa shape index (κ3) is 23.1. The Morgan fingerprint density at radius 2 is 1.10 bits per heavy atom. The molecule has 3 heterocycles. The van der Waals surface area contributed by atoms with Crippen molar-refractivity contribution in [2.45, 2.75) is 132 Å². The molecule has 31 nitrogen and oxygen atoms in total. The molecule has 0 radical (unpaired) electrons. The van der Waals surface area contributed by atoms with Gasteiger partial charge < -0.3 is 79.9 Å². The van der Waals surface area contributed by atoms with Gasteiger partial charge in [-0.25, -0.2) is 12.5 Å². The van der Waals surface area contributed by atoms with Gasteiger partial charge in [-0.1, -0.05) is 20.8 Å². The van der Waals surface area contributed by atoms with Crippen molar-refractivity contribution in [1.29, 1.82) is 0 Å². The summed E-state index contributed by atoms with van der Waals surface area (Å²) in [5.41, 5.74) is -0.831. The van der Waals surface area contributed by atoms with Gasteiger partial charge in [0.25, 0.3) is 0 Å². The van der Waals surface area contributed by atoms with E-state index in [-0.39, 0.29) is 107 Å². The van der Waals surface area contributed by atoms with Crippen LogP contribution in [0, 0.1) is 0 Å². The minimum absolute atomic E-state index is 0. The molecule has 0 saturated carbocycles. The van der Waals surface area contributed by atoms with E-state index in [1.54, 1.807) is 20.8 Å². The maximum absolute atomic E-state index is 12.3. The van der Waals surface area contributed by atoms with E-state index in [4.69, 9.17) is 45.2 Å². The van der Waals surface area contributed by atoms with Gasteiger partial charge in [-0.2, -0.15) is 25.3 Å². The largest absolute Gasteiger partial charge is 1.00 e. The summed E-state index contributed by atoms with van der Waals surface area (Å²) in [6.45, 7) is 2.68. The van der Waals surface area contributed by atoms with Gasteiger partial charge in [-0.15, -0.1) is 0 Å². The summed E-state index contributed by atoms with van der Waals surface area (Å²) in [5.74, 6) is -1.96. The average Bonchev–Trinajstić information content (AvgIpc) is 3.14. The molecule has 0 aromatic heterocycles. The van der Waals surface area contributed by atoms with E-state index in [1.165, 1.54) is 0 Å². The first kappa shape index (κ1) is 68.1. The maximum atomic E-state index is 12.3. The summed E-state index contributed by atoms with van der Waals surface area (Å²) in [7, 11) is -15.8. The average molecular weight is 1090 g/mol. The van der Waals surface area contributed by atoms with Crippen LogP contribution < -0.4 is 115 Å². The number of aliphatic imine (C=N–C) groups is 3. The Balaban J connectivity index is 0.0000150. The fourth-order valence-electron chi connectivity index (χ4n) is 6.10. The van der Waals surface area contributed by atoms with E-state index < -0.39 is 166 Å². The summed E-state index contributed by atoms with van der Waals surface area (Å²) in [4.78, 5) is 11.1. The van der Waals surface area contributed by atoms with Crippen LogP contribution in [0.5, 0.6) is 0 Å². The topological polar surface area (TPSA) is 478 Å². The number of hydrogen-bond donors (Lipinski definition) is 10. The minimum Gasteiger partial charge on any atom is -0.862 e. The Labute approximate surface area is 462 Å². The van der Waals surface area contributed by atoms with Crippen LogP contribution in [0.25, 0.3) is 0 Å². The van der Waals surface area contributed by atoms with Gasteiger partial charge in [0.1, 0.15) is 79.2 Å². The molecule has 0 amide bonds. The molecule has 3 saturated heterocycles. The van der Waals surface area contributed by atoms with Gasteiger partial charge in [-0.05, 0) is 37.9 Å². The normalized spacial score (nSPS) is 33.2. The predicted molar refractivity (Wildman–Crippen MR) is 209 cm³/mol. The third-order valence-electron chi connectivity index (χ3n) is 8.69. The van der Waals surface area contributed by atoms with Crippen molar-refractivity contribution in [2.24, 2.45) is 15.0 Å². The molecule has 0 aromatic carbocycles. The number of aliphatic hydroxyl groups excluding tert-OH is 5. The quantitative estimate of drug-likeness (QED) is 0.0143. The van der Waals surface area contributed by atoms with Crippen molar-refractivity contribution >= 4 is 66.4 Å². The van der Waals surface area contributed by atoms with Crippen molar-refractivity contribution in [3.8, 4) is 0 Å². The van der Waals surface area contributed by atoms with Crippen LogP contribution in [0.3, 0.4) is 0 Å². The molecule has 10 N–H and O–H groups in total. The second-order valence-corrected chi connectivity index (χ2v) is 18.7. The van der Waals surface area contributed by atoms with Crippen molar-refractivity contribution < 1.29 is 209 Å². The van der Waals surface area contributed by atoms with E-state index in [0.29, 0.717) is 0 Å². The molecule has 3 rings (SSSR count). The van der Waals surface area contributed by atoms with E-state index in [9.17, 15) is 75.2 Å². The van der Waals surface area contributed by atoms with Crippen molar-refractivity contribution in [2.75, 3.05) is 32.9 Å². The monoisotopic (exact) mass is 1090 g/mol. The molecule has 0 aliphatic carbocycles. The molecule has 3 fully saturated rings. The van der Waals surface area contributed by atoms with Gasteiger partial charge >= 0.3 is 120 Å². The summed E-state index contributed by atoms with van der Waals surface area (Å²) in [6.07, 6.45) is -28.5. The number of rotatable bonds is 19. The molecule has 0 bridgehead atoms. The van der Waals surface area contributed by atoms with E-state index in [1.807, 2.05) is 0 Å². The zero-order chi connectivity index (χ0) is 49.4. The molecule has 15 atom stereocenters. The van der Waals surface area contributed by atoms with Gasteiger partial charge in [0, 0.05) is 12.1 Å². The van der Waals surface area contributed by atoms with Crippen molar-refractivity contribution in [3.05, 3.63) is 0 Å². The summed E-state index contributed by atoms with van der Waals surface area (Å²) in [5, 5.41) is 97.2.